The van der Waals surface area contributed by atoms with Crippen molar-refractivity contribution in [1.29, 1.82) is 0 Å². The minimum Gasteiger partial charge on any atom is -0.391 e. The second-order valence-corrected chi connectivity index (χ2v) is 3.50. The molecule has 0 spiro atoms. The molecule has 17 heavy (non-hydrogen) atoms. The lowest BCUT2D eigenvalue weighted by Crippen LogP contribution is -2.24. The summed E-state index contributed by atoms with van der Waals surface area (Å²) in [7, 11) is 0. The molecule has 0 heterocycles. The van der Waals surface area contributed by atoms with Gasteiger partial charge in [-0.05, 0) is 25.1 Å². The molecule has 98 valence electrons. The molecule has 2 nitrogen and oxygen atoms in total. The van der Waals surface area contributed by atoms with E-state index in [-0.39, 0.29) is 18.0 Å². The van der Waals surface area contributed by atoms with E-state index >= 15 is 0 Å². The van der Waals surface area contributed by atoms with Crippen molar-refractivity contribution < 1.29 is 22.7 Å². The van der Waals surface area contributed by atoms with Gasteiger partial charge in [-0.15, -0.1) is 12.4 Å². The molecule has 0 aliphatic carbocycles. The van der Waals surface area contributed by atoms with Crippen LogP contribution in [0.4, 0.5) is 17.6 Å². The van der Waals surface area contributed by atoms with Crippen LogP contribution in [0.5, 0.6) is 0 Å². The summed E-state index contributed by atoms with van der Waals surface area (Å²) in [5, 5.41) is 9.12. The molecule has 3 N–H and O–H groups in total. The van der Waals surface area contributed by atoms with Gasteiger partial charge in [-0.1, -0.05) is 0 Å². The van der Waals surface area contributed by atoms with Crippen molar-refractivity contribution in [3.8, 4) is 0 Å². The van der Waals surface area contributed by atoms with Crippen molar-refractivity contribution in [3.05, 3.63) is 35.1 Å². The largest absolute Gasteiger partial charge is 0.416 e. The summed E-state index contributed by atoms with van der Waals surface area (Å²) in [6.45, 7) is 1.28. The predicted molar refractivity (Wildman–Crippen MR) is 57.3 cm³/mol. The lowest BCUT2D eigenvalue weighted by molar-refractivity contribution is -0.137. The maximum absolute atomic E-state index is 13.2. The van der Waals surface area contributed by atoms with Gasteiger partial charge in [-0.2, -0.15) is 13.2 Å². The normalized spacial score (nSPS) is 15.0. The van der Waals surface area contributed by atoms with Crippen LogP contribution in [0.25, 0.3) is 0 Å². The second-order valence-electron chi connectivity index (χ2n) is 3.50. The van der Waals surface area contributed by atoms with E-state index in [1.807, 2.05) is 0 Å². The van der Waals surface area contributed by atoms with Crippen LogP contribution in [0.2, 0.25) is 0 Å². The Labute approximate surface area is 102 Å². The molecule has 0 radical (unpaired) electrons. The van der Waals surface area contributed by atoms with Crippen LogP contribution in [0.15, 0.2) is 18.2 Å². The fraction of sp³-hybridized carbons (Fsp3) is 0.400. The van der Waals surface area contributed by atoms with E-state index in [9.17, 15) is 17.6 Å². The van der Waals surface area contributed by atoms with Crippen molar-refractivity contribution in [2.45, 2.75) is 25.2 Å². The number of aliphatic hydroxyl groups excluding tert-OH is 1. The summed E-state index contributed by atoms with van der Waals surface area (Å²) in [6, 6.07) is 0.767. The zero-order chi connectivity index (χ0) is 12.5. The van der Waals surface area contributed by atoms with Gasteiger partial charge in [0.25, 0.3) is 0 Å². The summed E-state index contributed by atoms with van der Waals surface area (Å²) in [4.78, 5) is 0. The predicted octanol–water partition coefficient (Wildman–Crippen LogP) is 2.65. The highest BCUT2D eigenvalue weighted by Gasteiger charge is 2.32. The number of aliphatic hydroxyl groups is 1. The van der Waals surface area contributed by atoms with Gasteiger partial charge in [-0.25, -0.2) is 4.39 Å². The van der Waals surface area contributed by atoms with Crippen LogP contribution in [0, 0.1) is 5.82 Å². The SMILES string of the molecule is C[C@H](O)[C@H](N)c1cc(C(F)(F)F)ccc1F.Cl. The Bertz CT molecular complexity index is 381. The van der Waals surface area contributed by atoms with E-state index in [1.165, 1.54) is 6.92 Å². The first-order chi connectivity index (χ1) is 7.23. The van der Waals surface area contributed by atoms with Gasteiger partial charge in [0.2, 0.25) is 0 Å². The van der Waals surface area contributed by atoms with Gasteiger partial charge in [0.05, 0.1) is 17.7 Å². The van der Waals surface area contributed by atoms with E-state index in [1.54, 1.807) is 0 Å². The molecule has 0 unspecified atom stereocenters. The van der Waals surface area contributed by atoms with Crippen LogP contribution in [0.1, 0.15) is 24.1 Å². The van der Waals surface area contributed by atoms with Crippen LogP contribution in [-0.4, -0.2) is 11.2 Å². The molecule has 0 aliphatic rings. The van der Waals surface area contributed by atoms with Gasteiger partial charge in [0.1, 0.15) is 5.82 Å². The number of alkyl halides is 3. The molecule has 0 aromatic heterocycles. The molecule has 7 heteroatoms. The molecular formula is C10H12ClF4NO. The summed E-state index contributed by atoms with van der Waals surface area (Å²) in [5.74, 6) is -0.860. The lowest BCUT2D eigenvalue weighted by atomic mass is 10.00. The molecule has 1 aromatic rings. The van der Waals surface area contributed by atoms with E-state index in [0.717, 1.165) is 0 Å². The quantitative estimate of drug-likeness (QED) is 0.814. The Kier molecular flexibility index (Phi) is 5.38. The first kappa shape index (κ1) is 16.1. The van der Waals surface area contributed by atoms with Crippen LogP contribution in [0.3, 0.4) is 0 Å². The van der Waals surface area contributed by atoms with Crippen molar-refractivity contribution >= 4 is 12.4 Å². The minimum atomic E-state index is -4.55. The Morgan fingerprint density at radius 1 is 1.29 bits per heavy atom. The topological polar surface area (TPSA) is 46.2 Å². The van der Waals surface area contributed by atoms with Crippen LogP contribution in [-0.2, 0) is 6.18 Å². The van der Waals surface area contributed by atoms with Gasteiger partial charge < -0.3 is 10.8 Å². The molecule has 0 saturated heterocycles. The number of hydrogen-bond acceptors (Lipinski definition) is 2. The standard InChI is InChI=1S/C10H11F4NO.ClH/c1-5(16)9(15)7-4-6(10(12,13)14)2-3-8(7)11;/h2-5,9,16H,15H2,1H3;1H/t5-,9-;/m0./s1. The number of halogens is 5. The van der Waals surface area contributed by atoms with Crippen molar-refractivity contribution in [1.82, 2.24) is 0 Å². The average molecular weight is 274 g/mol. The third kappa shape index (κ3) is 3.83. The molecule has 0 amide bonds. The summed E-state index contributed by atoms with van der Waals surface area (Å²) < 4.78 is 50.2. The molecule has 0 bridgehead atoms. The Morgan fingerprint density at radius 3 is 2.24 bits per heavy atom. The average Bonchev–Trinajstić information content (AvgIpc) is 2.15. The van der Waals surface area contributed by atoms with Crippen molar-refractivity contribution in [3.63, 3.8) is 0 Å². The smallest absolute Gasteiger partial charge is 0.391 e. The zero-order valence-corrected chi connectivity index (χ0v) is 9.65. The first-order valence-electron chi connectivity index (χ1n) is 4.53. The molecule has 1 rings (SSSR count). The van der Waals surface area contributed by atoms with E-state index in [0.29, 0.717) is 18.2 Å². The zero-order valence-electron chi connectivity index (χ0n) is 8.83. The molecule has 2 atom stereocenters. The summed E-state index contributed by atoms with van der Waals surface area (Å²) in [5.41, 5.74) is 4.06. The Balaban J connectivity index is 0.00000256. The van der Waals surface area contributed by atoms with Crippen molar-refractivity contribution in [2.75, 3.05) is 0 Å². The highest BCUT2D eigenvalue weighted by atomic mass is 35.5. The maximum Gasteiger partial charge on any atom is 0.416 e. The summed E-state index contributed by atoms with van der Waals surface area (Å²) in [6.07, 6.45) is -5.68. The molecule has 1 aromatic carbocycles. The fourth-order valence-corrected chi connectivity index (χ4v) is 1.24. The minimum absolute atomic E-state index is 0. The Morgan fingerprint density at radius 2 is 1.82 bits per heavy atom. The van der Waals surface area contributed by atoms with Gasteiger partial charge >= 0.3 is 6.18 Å². The van der Waals surface area contributed by atoms with E-state index in [2.05, 4.69) is 0 Å². The Hall–Kier alpha value is -0.850. The van der Waals surface area contributed by atoms with Crippen LogP contribution >= 0.6 is 12.4 Å². The second kappa shape index (κ2) is 5.66. The van der Waals surface area contributed by atoms with Crippen molar-refractivity contribution in [2.24, 2.45) is 5.73 Å². The van der Waals surface area contributed by atoms with E-state index in [4.69, 9.17) is 10.8 Å². The third-order valence-electron chi connectivity index (χ3n) is 2.20. The van der Waals surface area contributed by atoms with E-state index < -0.39 is 29.7 Å². The monoisotopic (exact) mass is 273 g/mol. The van der Waals surface area contributed by atoms with Gasteiger partial charge in [0, 0.05) is 5.56 Å². The molecule has 0 fully saturated rings. The molecule has 0 aliphatic heterocycles. The van der Waals surface area contributed by atoms with Crippen LogP contribution < -0.4 is 5.73 Å². The number of benzene rings is 1. The number of rotatable bonds is 2. The highest BCUT2D eigenvalue weighted by molar-refractivity contribution is 5.85. The fourth-order valence-electron chi connectivity index (χ4n) is 1.24. The highest BCUT2D eigenvalue weighted by Crippen LogP contribution is 2.31. The maximum atomic E-state index is 13.2. The molecular weight excluding hydrogens is 262 g/mol. The third-order valence-corrected chi connectivity index (χ3v) is 2.20. The van der Waals surface area contributed by atoms with Gasteiger partial charge in [-0.3, -0.25) is 0 Å². The lowest BCUT2D eigenvalue weighted by Gasteiger charge is -2.17. The molecule has 0 saturated carbocycles. The number of nitrogens with two attached hydrogens (primary N) is 1. The number of hydrogen-bond donors (Lipinski definition) is 2. The first-order valence-corrected chi connectivity index (χ1v) is 4.53. The summed E-state index contributed by atoms with van der Waals surface area (Å²) >= 11 is 0. The van der Waals surface area contributed by atoms with Gasteiger partial charge in [0.15, 0.2) is 0 Å².